The molecule has 5 aliphatic carbocycles. The minimum absolute atomic E-state index is 0.0209. The topological polar surface area (TPSA) is 33.3 Å². The highest BCUT2D eigenvalue weighted by molar-refractivity contribution is 5.44. The van der Waals surface area contributed by atoms with Crippen LogP contribution in [0.25, 0.3) is 0 Å². The van der Waals surface area contributed by atoms with Crippen LogP contribution in [-0.2, 0) is 4.74 Å². The standard InChI is InChI=1S/C17H18N2O/c1-2-4-7(5-3-1)18-19-17-14-9-6-8-10-11(9)15(17)13(10)16(20-17)12(8)14/h1-5,8-16,18-19H,6H2. The number of hydrogen-bond donors (Lipinski definition) is 2. The number of hydrogen-bond acceptors (Lipinski definition) is 3. The molecule has 0 aromatic heterocycles. The van der Waals surface area contributed by atoms with Gasteiger partial charge in [0, 0.05) is 17.5 Å². The molecule has 20 heavy (non-hydrogen) atoms. The third kappa shape index (κ3) is 0.709. The van der Waals surface area contributed by atoms with E-state index in [-0.39, 0.29) is 5.72 Å². The van der Waals surface area contributed by atoms with E-state index in [4.69, 9.17) is 4.74 Å². The van der Waals surface area contributed by atoms with Crippen molar-refractivity contribution in [2.75, 3.05) is 5.43 Å². The predicted molar refractivity (Wildman–Crippen MR) is 73.3 cm³/mol. The lowest BCUT2D eigenvalue weighted by Gasteiger charge is -2.45. The molecule has 2 heterocycles. The van der Waals surface area contributed by atoms with E-state index in [1.807, 2.05) is 0 Å². The molecule has 7 fully saturated rings. The van der Waals surface area contributed by atoms with E-state index in [1.165, 1.54) is 6.42 Å². The highest BCUT2D eigenvalue weighted by Gasteiger charge is 2.93. The molecule has 2 saturated heterocycles. The number of hydrazine groups is 1. The number of benzene rings is 1. The summed E-state index contributed by atoms with van der Waals surface area (Å²) in [4.78, 5) is 0. The van der Waals surface area contributed by atoms with Gasteiger partial charge in [-0.05, 0) is 54.1 Å². The maximum absolute atomic E-state index is 6.60. The van der Waals surface area contributed by atoms with Crippen LogP contribution in [0.1, 0.15) is 6.42 Å². The van der Waals surface area contributed by atoms with Crippen molar-refractivity contribution in [3.8, 4) is 0 Å². The molecule has 4 bridgehead atoms. The summed E-state index contributed by atoms with van der Waals surface area (Å²) in [6.45, 7) is 0. The Morgan fingerprint density at radius 1 is 0.950 bits per heavy atom. The van der Waals surface area contributed by atoms with Gasteiger partial charge in [0.2, 0.25) is 0 Å². The molecule has 3 nitrogen and oxygen atoms in total. The fraction of sp³-hybridized carbons (Fsp3) is 0.647. The van der Waals surface area contributed by atoms with Gasteiger partial charge in [-0.15, -0.1) is 0 Å². The highest BCUT2D eigenvalue weighted by atomic mass is 16.5. The lowest BCUT2D eigenvalue weighted by Crippen LogP contribution is -2.57. The largest absolute Gasteiger partial charge is 0.355 e. The molecule has 0 radical (unpaired) electrons. The molecule has 1 aromatic carbocycles. The zero-order valence-corrected chi connectivity index (χ0v) is 11.2. The zero-order chi connectivity index (χ0) is 12.6. The monoisotopic (exact) mass is 266 g/mol. The molecule has 1 aromatic rings. The molecule has 0 amide bonds. The maximum atomic E-state index is 6.60. The minimum atomic E-state index is -0.0209. The zero-order valence-electron chi connectivity index (χ0n) is 11.2. The van der Waals surface area contributed by atoms with Crippen molar-refractivity contribution in [1.29, 1.82) is 0 Å². The van der Waals surface area contributed by atoms with E-state index < -0.39 is 0 Å². The van der Waals surface area contributed by atoms with Gasteiger partial charge < -0.3 is 10.2 Å². The molecule has 7 aliphatic rings. The summed E-state index contributed by atoms with van der Waals surface area (Å²) in [5, 5.41) is 0. The van der Waals surface area contributed by atoms with Crippen molar-refractivity contribution in [3.05, 3.63) is 30.3 Å². The SMILES string of the molecule is c1ccc(NNC23OC4C5C6CC(C7C6C4C72)C53)cc1. The van der Waals surface area contributed by atoms with Gasteiger partial charge in [-0.1, -0.05) is 18.2 Å². The Morgan fingerprint density at radius 2 is 1.85 bits per heavy atom. The first-order valence-electron chi connectivity index (χ1n) is 8.16. The van der Waals surface area contributed by atoms with Crippen LogP contribution >= 0.6 is 0 Å². The summed E-state index contributed by atoms with van der Waals surface area (Å²) in [6.07, 6.45) is 2.13. The van der Waals surface area contributed by atoms with Crippen LogP contribution < -0.4 is 10.9 Å². The Labute approximate surface area is 118 Å². The van der Waals surface area contributed by atoms with E-state index in [2.05, 4.69) is 41.2 Å². The van der Waals surface area contributed by atoms with Crippen LogP contribution in [0.3, 0.4) is 0 Å². The second-order valence-electron chi connectivity index (χ2n) is 7.92. The molecule has 5 saturated carbocycles. The summed E-state index contributed by atoms with van der Waals surface area (Å²) < 4.78 is 6.60. The molecule has 2 N–H and O–H groups in total. The number of ether oxygens (including phenoxy) is 1. The smallest absolute Gasteiger partial charge is 0.142 e. The van der Waals surface area contributed by atoms with Gasteiger partial charge in [0.1, 0.15) is 5.72 Å². The van der Waals surface area contributed by atoms with Gasteiger partial charge in [-0.2, -0.15) is 0 Å². The molecule has 10 unspecified atom stereocenters. The molecular weight excluding hydrogens is 248 g/mol. The molecule has 102 valence electrons. The number of nitrogens with one attached hydrogen (secondary N) is 2. The van der Waals surface area contributed by atoms with Gasteiger partial charge in [0.25, 0.3) is 0 Å². The average Bonchev–Trinajstić information content (AvgIpc) is 3.10. The minimum Gasteiger partial charge on any atom is -0.355 e. The Morgan fingerprint density at radius 3 is 2.75 bits per heavy atom. The van der Waals surface area contributed by atoms with E-state index in [0.717, 1.165) is 53.0 Å². The van der Waals surface area contributed by atoms with Gasteiger partial charge in [0.05, 0.1) is 6.10 Å². The molecular formula is C17H18N2O. The van der Waals surface area contributed by atoms with Crippen molar-refractivity contribution in [3.63, 3.8) is 0 Å². The van der Waals surface area contributed by atoms with E-state index >= 15 is 0 Å². The van der Waals surface area contributed by atoms with Crippen LogP contribution in [-0.4, -0.2) is 11.8 Å². The van der Waals surface area contributed by atoms with Gasteiger partial charge >= 0.3 is 0 Å². The number of para-hydroxylation sites is 1. The third-order valence-electron chi connectivity index (χ3n) is 7.88. The number of anilines is 1. The Hall–Kier alpha value is -1.06. The normalized spacial score (nSPS) is 64.5. The Balaban J connectivity index is 1.29. The Kier molecular flexibility index (Phi) is 1.31. The van der Waals surface area contributed by atoms with Crippen LogP contribution in [0.5, 0.6) is 0 Å². The van der Waals surface area contributed by atoms with Crippen molar-refractivity contribution in [2.45, 2.75) is 18.2 Å². The molecule has 8 rings (SSSR count). The lowest BCUT2D eigenvalue weighted by molar-refractivity contribution is -0.0521. The molecule has 3 heteroatoms. The fourth-order valence-electron chi connectivity index (χ4n) is 7.90. The third-order valence-corrected chi connectivity index (χ3v) is 7.88. The second-order valence-corrected chi connectivity index (χ2v) is 7.92. The van der Waals surface area contributed by atoms with Crippen LogP contribution in [0.2, 0.25) is 0 Å². The van der Waals surface area contributed by atoms with E-state index in [0.29, 0.717) is 6.10 Å². The van der Waals surface area contributed by atoms with E-state index in [9.17, 15) is 0 Å². The first kappa shape index (κ1) is 9.80. The summed E-state index contributed by atoms with van der Waals surface area (Å²) in [7, 11) is 0. The summed E-state index contributed by atoms with van der Waals surface area (Å²) in [5.41, 5.74) is 8.24. The van der Waals surface area contributed by atoms with Crippen LogP contribution in [0, 0.1) is 47.3 Å². The molecule has 0 spiro atoms. The fourth-order valence-corrected chi connectivity index (χ4v) is 7.90. The molecule has 2 aliphatic heterocycles. The molecule has 10 atom stereocenters. The highest BCUT2D eigenvalue weighted by Crippen LogP contribution is 2.89. The summed E-state index contributed by atoms with van der Waals surface area (Å²) >= 11 is 0. The maximum Gasteiger partial charge on any atom is 0.142 e. The first-order valence-corrected chi connectivity index (χ1v) is 8.16. The number of rotatable bonds is 3. The lowest BCUT2D eigenvalue weighted by atomic mass is 9.59. The summed E-state index contributed by atoms with van der Waals surface area (Å²) in [6, 6.07) is 10.5. The second kappa shape index (κ2) is 2.67. The average molecular weight is 266 g/mol. The van der Waals surface area contributed by atoms with Gasteiger partial charge in [-0.25, -0.2) is 5.43 Å². The van der Waals surface area contributed by atoms with Crippen molar-refractivity contribution < 1.29 is 4.74 Å². The first-order chi connectivity index (χ1) is 9.90. The van der Waals surface area contributed by atoms with E-state index in [1.54, 1.807) is 0 Å². The van der Waals surface area contributed by atoms with Crippen molar-refractivity contribution >= 4 is 5.69 Å². The predicted octanol–water partition coefficient (Wildman–Crippen LogP) is 2.09. The summed E-state index contributed by atoms with van der Waals surface area (Å²) in [5.74, 6) is 7.49. The van der Waals surface area contributed by atoms with Gasteiger partial charge in [0.15, 0.2) is 0 Å². The van der Waals surface area contributed by atoms with Crippen molar-refractivity contribution in [2.24, 2.45) is 47.3 Å². The van der Waals surface area contributed by atoms with Crippen LogP contribution in [0.4, 0.5) is 5.69 Å². The van der Waals surface area contributed by atoms with Crippen molar-refractivity contribution in [1.82, 2.24) is 5.43 Å². The van der Waals surface area contributed by atoms with Crippen LogP contribution in [0.15, 0.2) is 30.3 Å². The van der Waals surface area contributed by atoms with Gasteiger partial charge in [-0.3, -0.25) is 0 Å². The quantitative estimate of drug-likeness (QED) is 0.822. The Bertz CT molecular complexity index is 623.